The fourth-order valence-electron chi connectivity index (χ4n) is 4.25. The first kappa shape index (κ1) is 16.8. The smallest absolute Gasteiger partial charge is 0.228 e. The molecule has 2 aliphatic rings. The zero-order valence-corrected chi connectivity index (χ0v) is 13.7. The van der Waals surface area contributed by atoms with E-state index in [4.69, 9.17) is 0 Å². The number of aliphatic hydroxyl groups excluding tert-OH is 1. The lowest BCUT2D eigenvalue weighted by Gasteiger charge is -2.36. The van der Waals surface area contributed by atoms with Crippen molar-refractivity contribution in [3.05, 3.63) is 0 Å². The first-order chi connectivity index (χ1) is 10.1. The number of carbonyl (C=O) groups is 1. The van der Waals surface area contributed by atoms with Crippen LogP contribution in [-0.2, 0) is 4.79 Å². The van der Waals surface area contributed by atoms with E-state index in [0.717, 1.165) is 38.8 Å². The Morgan fingerprint density at radius 1 is 1.33 bits per heavy atom. The lowest BCUT2D eigenvalue weighted by molar-refractivity contribution is -0.144. The van der Waals surface area contributed by atoms with Crippen LogP contribution in [0.5, 0.6) is 0 Å². The minimum absolute atomic E-state index is 0.0657. The maximum Gasteiger partial charge on any atom is 0.228 e. The molecule has 1 saturated carbocycles. The third-order valence-corrected chi connectivity index (χ3v) is 5.07. The van der Waals surface area contributed by atoms with Gasteiger partial charge in [0, 0.05) is 24.5 Å². The predicted molar refractivity (Wildman–Crippen MR) is 85.0 cm³/mol. The Labute approximate surface area is 129 Å². The molecular weight excluding hydrogens is 264 g/mol. The van der Waals surface area contributed by atoms with Crippen molar-refractivity contribution >= 4 is 5.91 Å². The lowest BCUT2D eigenvalue weighted by Crippen LogP contribution is -2.49. The van der Waals surface area contributed by atoms with Gasteiger partial charge < -0.3 is 15.3 Å². The molecular formula is C17H32N2O2. The van der Waals surface area contributed by atoms with Crippen molar-refractivity contribution < 1.29 is 9.90 Å². The second-order valence-electron chi connectivity index (χ2n) is 7.35. The summed E-state index contributed by atoms with van der Waals surface area (Å²) in [5.74, 6) is 0.851. The topological polar surface area (TPSA) is 52.6 Å². The number of hydrogen-bond acceptors (Lipinski definition) is 3. The number of rotatable bonds is 7. The second-order valence-corrected chi connectivity index (χ2v) is 7.35. The molecule has 0 aromatic rings. The molecule has 1 aliphatic carbocycles. The van der Waals surface area contributed by atoms with Crippen LogP contribution in [0.15, 0.2) is 0 Å². The first-order valence-corrected chi connectivity index (χ1v) is 8.71. The molecule has 1 aliphatic heterocycles. The number of nitrogens with zero attached hydrogens (tertiary/aromatic N) is 1. The summed E-state index contributed by atoms with van der Waals surface area (Å²) in [6.45, 7) is 6.79. The molecule has 1 amide bonds. The van der Waals surface area contributed by atoms with E-state index in [0.29, 0.717) is 24.4 Å². The van der Waals surface area contributed by atoms with Gasteiger partial charge in [-0.1, -0.05) is 26.7 Å². The summed E-state index contributed by atoms with van der Waals surface area (Å²) >= 11 is 0. The van der Waals surface area contributed by atoms with Gasteiger partial charge in [0.2, 0.25) is 5.91 Å². The standard InChI is InChI=1S/C17H32N2O2/c1-14(2)12-17(7-3-4-8-17)16(21)19(10-11-20)13-15-6-5-9-18-15/h14-15,18,20H,3-13H2,1-2H3. The van der Waals surface area contributed by atoms with Crippen LogP contribution in [0, 0.1) is 11.3 Å². The monoisotopic (exact) mass is 296 g/mol. The molecule has 1 unspecified atom stereocenters. The van der Waals surface area contributed by atoms with E-state index in [1.165, 1.54) is 19.3 Å². The van der Waals surface area contributed by atoms with E-state index in [2.05, 4.69) is 19.2 Å². The number of hydrogen-bond donors (Lipinski definition) is 2. The molecule has 122 valence electrons. The van der Waals surface area contributed by atoms with Crippen molar-refractivity contribution in [2.24, 2.45) is 11.3 Å². The Balaban J connectivity index is 2.06. The quantitative estimate of drug-likeness (QED) is 0.757. The van der Waals surface area contributed by atoms with Gasteiger partial charge in [-0.25, -0.2) is 0 Å². The Kier molecular flexibility index (Phi) is 6.06. The molecule has 1 heterocycles. The molecule has 0 aromatic heterocycles. The fourth-order valence-corrected chi connectivity index (χ4v) is 4.25. The van der Waals surface area contributed by atoms with Gasteiger partial charge in [-0.15, -0.1) is 0 Å². The van der Waals surface area contributed by atoms with Gasteiger partial charge in [0.25, 0.3) is 0 Å². The molecule has 0 spiro atoms. The van der Waals surface area contributed by atoms with Gasteiger partial charge in [-0.3, -0.25) is 4.79 Å². The average Bonchev–Trinajstić information content (AvgIpc) is 3.09. The van der Waals surface area contributed by atoms with Gasteiger partial charge in [0.1, 0.15) is 0 Å². The molecule has 2 fully saturated rings. The Bertz CT molecular complexity index is 332. The third kappa shape index (κ3) is 4.19. The normalized spacial score (nSPS) is 24.7. The zero-order chi connectivity index (χ0) is 15.3. The van der Waals surface area contributed by atoms with E-state index in [1.807, 2.05) is 4.90 Å². The van der Waals surface area contributed by atoms with E-state index in [9.17, 15) is 9.90 Å². The fraction of sp³-hybridized carbons (Fsp3) is 0.941. The van der Waals surface area contributed by atoms with Crippen LogP contribution >= 0.6 is 0 Å². The summed E-state index contributed by atoms with van der Waals surface area (Å²) < 4.78 is 0. The van der Waals surface area contributed by atoms with Crippen molar-refractivity contribution in [1.82, 2.24) is 10.2 Å². The van der Waals surface area contributed by atoms with Crippen LogP contribution in [0.3, 0.4) is 0 Å². The van der Waals surface area contributed by atoms with Crippen molar-refractivity contribution in [3.63, 3.8) is 0 Å². The summed E-state index contributed by atoms with van der Waals surface area (Å²) in [6, 6.07) is 0.415. The Morgan fingerprint density at radius 3 is 2.57 bits per heavy atom. The second kappa shape index (κ2) is 7.59. The summed E-state index contributed by atoms with van der Waals surface area (Å²) in [6.07, 6.45) is 7.75. The van der Waals surface area contributed by atoms with Gasteiger partial charge >= 0.3 is 0 Å². The van der Waals surface area contributed by atoms with E-state index in [1.54, 1.807) is 0 Å². The largest absolute Gasteiger partial charge is 0.395 e. The van der Waals surface area contributed by atoms with Crippen LogP contribution in [0.1, 0.15) is 58.8 Å². The number of amides is 1. The summed E-state index contributed by atoms with van der Waals surface area (Å²) in [5.41, 5.74) is -0.151. The first-order valence-electron chi connectivity index (χ1n) is 8.71. The number of aliphatic hydroxyl groups is 1. The van der Waals surface area contributed by atoms with Gasteiger partial charge in [0.15, 0.2) is 0 Å². The van der Waals surface area contributed by atoms with Gasteiger partial charge in [0.05, 0.1) is 6.61 Å². The van der Waals surface area contributed by atoms with Crippen molar-refractivity contribution in [3.8, 4) is 0 Å². The average molecular weight is 296 g/mol. The molecule has 4 heteroatoms. The Morgan fingerprint density at radius 2 is 2.05 bits per heavy atom. The highest BCUT2D eigenvalue weighted by Gasteiger charge is 2.43. The van der Waals surface area contributed by atoms with E-state index in [-0.39, 0.29) is 12.0 Å². The van der Waals surface area contributed by atoms with E-state index < -0.39 is 0 Å². The van der Waals surface area contributed by atoms with Crippen LogP contribution < -0.4 is 5.32 Å². The third-order valence-electron chi connectivity index (χ3n) is 5.07. The molecule has 1 saturated heterocycles. The lowest BCUT2D eigenvalue weighted by atomic mass is 9.77. The van der Waals surface area contributed by atoms with Gasteiger partial charge in [-0.2, -0.15) is 0 Å². The van der Waals surface area contributed by atoms with Crippen molar-refractivity contribution in [2.75, 3.05) is 26.2 Å². The highest BCUT2D eigenvalue weighted by molar-refractivity contribution is 5.83. The molecule has 2 N–H and O–H groups in total. The minimum atomic E-state index is -0.151. The highest BCUT2D eigenvalue weighted by atomic mass is 16.3. The molecule has 21 heavy (non-hydrogen) atoms. The van der Waals surface area contributed by atoms with Gasteiger partial charge in [-0.05, 0) is 44.6 Å². The molecule has 4 nitrogen and oxygen atoms in total. The van der Waals surface area contributed by atoms with Crippen LogP contribution in [0.25, 0.3) is 0 Å². The molecule has 0 radical (unpaired) electrons. The van der Waals surface area contributed by atoms with Crippen molar-refractivity contribution in [2.45, 2.75) is 64.8 Å². The van der Waals surface area contributed by atoms with Crippen LogP contribution in [-0.4, -0.2) is 48.2 Å². The van der Waals surface area contributed by atoms with E-state index >= 15 is 0 Å². The van der Waals surface area contributed by atoms with Crippen LogP contribution in [0.2, 0.25) is 0 Å². The summed E-state index contributed by atoms with van der Waals surface area (Å²) in [5, 5.41) is 12.8. The molecule has 2 rings (SSSR count). The number of nitrogens with one attached hydrogen (secondary N) is 1. The summed E-state index contributed by atoms with van der Waals surface area (Å²) in [4.78, 5) is 15.1. The summed E-state index contributed by atoms with van der Waals surface area (Å²) in [7, 11) is 0. The highest BCUT2D eigenvalue weighted by Crippen LogP contribution is 2.44. The zero-order valence-electron chi connectivity index (χ0n) is 13.7. The molecule has 0 bridgehead atoms. The minimum Gasteiger partial charge on any atom is -0.395 e. The number of carbonyl (C=O) groups excluding carboxylic acids is 1. The molecule has 1 atom stereocenters. The van der Waals surface area contributed by atoms with Crippen LogP contribution in [0.4, 0.5) is 0 Å². The maximum atomic E-state index is 13.2. The van der Waals surface area contributed by atoms with Crippen molar-refractivity contribution in [1.29, 1.82) is 0 Å². The molecule has 0 aromatic carbocycles. The maximum absolute atomic E-state index is 13.2. The Hall–Kier alpha value is -0.610. The predicted octanol–water partition coefficient (Wildman–Crippen LogP) is 2.17. The SMILES string of the molecule is CC(C)CC1(C(=O)N(CCO)CC2CCCN2)CCCC1.